The van der Waals surface area contributed by atoms with Gasteiger partial charge in [0.1, 0.15) is 0 Å². The molecule has 4 atom stereocenters. The van der Waals surface area contributed by atoms with Crippen LogP contribution in [0.3, 0.4) is 0 Å². The van der Waals surface area contributed by atoms with Crippen molar-refractivity contribution >= 4 is 23.2 Å². The molecule has 30 heavy (non-hydrogen) atoms. The van der Waals surface area contributed by atoms with Gasteiger partial charge in [0.15, 0.2) is 0 Å². The Bertz CT molecular complexity index is 982. The summed E-state index contributed by atoms with van der Waals surface area (Å²) in [6.45, 7) is 0. The quantitative estimate of drug-likeness (QED) is 0.604. The number of amides is 2. The van der Waals surface area contributed by atoms with Crippen LogP contribution in [-0.4, -0.2) is 11.8 Å². The first-order valence-corrected chi connectivity index (χ1v) is 10.5. The molecule has 2 aliphatic carbocycles. The highest BCUT2D eigenvalue weighted by molar-refractivity contribution is 5.98. The van der Waals surface area contributed by atoms with Crippen LogP contribution < -0.4 is 10.6 Å². The Labute approximate surface area is 176 Å². The highest BCUT2D eigenvalue weighted by Crippen LogP contribution is 2.48. The van der Waals surface area contributed by atoms with E-state index in [2.05, 4.69) is 34.9 Å². The van der Waals surface area contributed by atoms with Crippen LogP contribution in [0.4, 0.5) is 11.4 Å². The zero-order valence-electron chi connectivity index (χ0n) is 16.6. The molecular weight excluding hydrogens is 372 g/mol. The minimum absolute atomic E-state index is 0.0174. The van der Waals surface area contributed by atoms with Crippen LogP contribution in [0.1, 0.15) is 35.8 Å². The van der Waals surface area contributed by atoms with Gasteiger partial charge in [-0.15, -0.1) is 0 Å². The molecule has 2 amide bonds. The lowest BCUT2D eigenvalue weighted by Gasteiger charge is -2.09. The van der Waals surface area contributed by atoms with Gasteiger partial charge in [-0.05, 0) is 54.0 Å². The topological polar surface area (TPSA) is 58.2 Å². The number of carbonyl (C=O) groups is 2. The summed E-state index contributed by atoms with van der Waals surface area (Å²) in [5, 5.41) is 6.01. The maximum absolute atomic E-state index is 12.6. The Morgan fingerprint density at radius 1 is 0.600 bits per heavy atom. The molecule has 0 aliphatic heterocycles. The lowest BCUT2D eigenvalue weighted by molar-refractivity contribution is -0.118. The van der Waals surface area contributed by atoms with Gasteiger partial charge in [0, 0.05) is 23.2 Å². The molecule has 0 heterocycles. The van der Waals surface area contributed by atoms with Crippen molar-refractivity contribution in [3.05, 3.63) is 96.1 Å². The van der Waals surface area contributed by atoms with E-state index in [4.69, 9.17) is 0 Å². The van der Waals surface area contributed by atoms with Crippen molar-refractivity contribution in [1.29, 1.82) is 0 Å². The second-order valence-electron chi connectivity index (χ2n) is 8.28. The summed E-state index contributed by atoms with van der Waals surface area (Å²) in [7, 11) is 0. The minimum Gasteiger partial charge on any atom is -0.326 e. The molecule has 4 heteroatoms. The summed E-state index contributed by atoms with van der Waals surface area (Å²) < 4.78 is 0. The predicted molar refractivity (Wildman–Crippen MR) is 118 cm³/mol. The number of nitrogens with one attached hydrogen (secondary N) is 2. The molecule has 5 rings (SSSR count). The highest BCUT2D eigenvalue weighted by Gasteiger charge is 2.44. The summed E-state index contributed by atoms with van der Waals surface area (Å²) in [6, 6.07) is 27.7. The summed E-state index contributed by atoms with van der Waals surface area (Å²) in [5.41, 5.74) is 3.87. The Balaban J connectivity index is 1.17. The van der Waals surface area contributed by atoms with E-state index in [1.807, 2.05) is 60.7 Å². The molecule has 0 saturated heterocycles. The third-order valence-electron chi connectivity index (χ3n) is 6.11. The standard InChI is InChI=1S/C26H24N2O2/c29-25(23-15-21(23)17-8-3-1-4-9-17)27-19-12-7-13-20(14-19)28-26(30)24-16-22(24)18-10-5-2-6-11-18/h1-14,21-24H,15-16H2,(H,27,29)(H,28,30). The zero-order valence-corrected chi connectivity index (χ0v) is 16.6. The molecular formula is C26H24N2O2. The van der Waals surface area contributed by atoms with Gasteiger partial charge in [0.05, 0.1) is 0 Å². The van der Waals surface area contributed by atoms with Crippen LogP contribution in [-0.2, 0) is 9.59 Å². The van der Waals surface area contributed by atoms with Crippen molar-refractivity contribution in [3.63, 3.8) is 0 Å². The number of carbonyl (C=O) groups excluding carboxylic acids is 2. The van der Waals surface area contributed by atoms with Crippen molar-refractivity contribution in [3.8, 4) is 0 Å². The number of hydrogen-bond donors (Lipinski definition) is 2. The highest BCUT2D eigenvalue weighted by atomic mass is 16.2. The van der Waals surface area contributed by atoms with Crippen LogP contribution in [0, 0.1) is 11.8 Å². The first-order valence-electron chi connectivity index (χ1n) is 10.5. The van der Waals surface area contributed by atoms with E-state index < -0.39 is 0 Å². The molecule has 0 radical (unpaired) electrons. The van der Waals surface area contributed by atoms with Crippen LogP contribution in [0.25, 0.3) is 0 Å². The maximum Gasteiger partial charge on any atom is 0.228 e. The smallest absolute Gasteiger partial charge is 0.228 e. The Kier molecular flexibility index (Phi) is 4.83. The van der Waals surface area contributed by atoms with Crippen LogP contribution in [0.2, 0.25) is 0 Å². The monoisotopic (exact) mass is 396 g/mol. The van der Waals surface area contributed by atoms with Crippen molar-refractivity contribution in [1.82, 2.24) is 0 Å². The number of anilines is 2. The molecule has 0 aromatic heterocycles. The molecule has 4 unspecified atom stereocenters. The fourth-order valence-electron chi connectivity index (χ4n) is 4.25. The number of benzene rings is 3. The van der Waals surface area contributed by atoms with Gasteiger partial charge in [-0.1, -0.05) is 66.7 Å². The van der Waals surface area contributed by atoms with E-state index in [9.17, 15) is 9.59 Å². The number of rotatable bonds is 6. The molecule has 2 fully saturated rings. The van der Waals surface area contributed by atoms with E-state index in [1.165, 1.54) is 11.1 Å². The maximum atomic E-state index is 12.6. The van der Waals surface area contributed by atoms with E-state index in [-0.39, 0.29) is 23.7 Å². The molecule has 2 N–H and O–H groups in total. The molecule has 150 valence electrons. The lowest BCUT2D eigenvalue weighted by atomic mass is 10.1. The van der Waals surface area contributed by atoms with Crippen molar-refractivity contribution in [2.24, 2.45) is 11.8 Å². The second-order valence-corrected chi connectivity index (χ2v) is 8.28. The summed E-state index contributed by atoms with van der Waals surface area (Å²) in [6.07, 6.45) is 1.77. The summed E-state index contributed by atoms with van der Waals surface area (Å²) in [4.78, 5) is 25.2. The average molecular weight is 396 g/mol. The molecule has 2 saturated carbocycles. The first kappa shape index (κ1) is 18.6. The fraction of sp³-hybridized carbons (Fsp3) is 0.231. The van der Waals surface area contributed by atoms with Crippen LogP contribution in [0.5, 0.6) is 0 Å². The van der Waals surface area contributed by atoms with E-state index in [0.29, 0.717) is 23.2 Å². The normalized spacial score (nSPS) is 24.0. The van der Waals surface area contributed by atoms with Gasteiger partial charge in [-0.2, -0.15) is 0 Å². The van der Waals surface area contributed by atoms with Gasteiger partial charge < -0.3 is 10.6 Å². The Hall–Kier alpha value is -3.40. The van der Waals surface area contributed by atoms with Gasteiger partial charge in [-0.25, -0.2) is 0 Å². The Morgan fingerprint density at radius 2 is 1.03 bits per heavy atom. The average Bonchev–Trinajstić information content (AvgIpc) is 3.69. The SMILES string of the molecule is O=C(Nc1cccc(NC(=O)C2CC2c2ccccc2)c1)C1CC1c1ccccc1. The molecule has 3 aromatic rings. The van der Waals surface area contributed by atoms with Crippen molar-refractivity contribution in [2.75, 3.05) is 10.6 Å². The lowest BCUT2D eigenvalue weighted by Crippen LogP contribution is -2.16. The van der Waals surface area contributed by atoms with E-state index >= 15 is 0 Å². The summed E-state index contributed by atoms with van der Waals surface area (Å²) in [5.74, 6) is 0.725. The minimum atomic E-state index is 0.0174. The Morgan fingerprint density at radius 3 is 1.47 bits per heavy atom. The van der Waals surface area contributed by atoms with Crippen molar-refractivity contribution in [2.45, 2.75) is 24.7 Å². The number of hydrogen-bond acceptors (Lipinski definition) is 2. The van der Waals surface area contributed by atoms with Gasteiger partial charge in [-0.3, -0.25) is 9.59 Å². The van der Waals surface area contributed by atoms with Gasteiger partial charge in [0.2, 0.25) is 11.8 Å². The van der Waals surface area contributed by atoms with Crippen LogP contribution >= 0.6 is 0 Å². The van der Waals surface area contributed by atoms with E-state index in [1.54, 1.807) is 0 Å². The van der Waals surface area contributed by atoms with Crippen LogP contribution in [0.15, 0.2) is 84.9 Å². The molecule has 0 spiro atoms. The third kappa shape index (κ3) is 3.99. The third-order valence-corrected chi connectivity index (χ3v) is 6.11. The molecule has 2 aliphatic rings. The van der Waals surface area contributed by atoms with E-state index in [0.717, 1.165) is 12.8 Å². The molecule has 4 nitrogen and oxygen atoms in total. The molecule has 3 aromatic carbocycles. The van der Waals surface area contributed by atoms with Gasteiger partial charge in [0.25, 0.3) is 0 Å². The van der Waals surface area contributed by atoms with Gasteiger partial charge >= 0.3 is 0 Å². The second kappa shape index (κ2) is 7.79. The van der Waals surface area contributed by atoms with Crippen molar-refractivity contribution < 1.29 is 9.59 Å². The summed E-state index contributed by atoms with van der Waals surface area (Å²) >= 11 is 0. The fourth-order valence-corrected chi connectivity index (χ4v) is 4.25. The zero-order chi connectivity index (χ0) is 20.5. The largest absolute Gasteiger partial charge is 0.326 e. The molecule has 0 bridgehead atoms. The first-order chi connectivity index (χ1) is 14.7. The predicted octanol–water partition coefficient (Wildman–Crippen LogP) is 5.17.